The summed E-state index contributed by atoms with van der Waals surface area (Å²) in [6.07, 6.45) is 5.26. The van der Waals surface area contributed by atoms with Gasteiger partial charge in [-0.2, -0.15) is 0 Å². The zero-order valence-corrected chi connectivity index (χ0v) is 11.0. The number of unbranched alkanes of at least 4 members (excludes halogenated alkanes) is 1. The number of likely N-dealkylation sites (N-methyl/N-ethyl adjacent to an activating group) is 1. The van der Waals surface area contributed by atoms with Crippen LogP contribution < -0.4 is 5.73 Å². The normalized spacial score (nSPS) is 22.8. The second kappa shape index (κ2) is 4.84. The van der Waals surface area contributed by atoms with Gasteiger partial charge in [-0.25, -0.2) is 0 Å². The quantitative estimate of drug-likeness (QED) is 0.703. The molecule has 0 bridgehead atoms. The van der Waals surface area contributed by atoms with Gasteiger partial charge in [-0.3, -0.25) is 4.90 Å². The number of hydrogen-bond acceptors (Lipinski definition) is 2. The van der Waals surface area contributed by atoms with E-state index in [0.29, 0.717) is 5.41 Å². The highest BCUT2D eigenvalue weighted by molar-refractivity contribution is 5.09. The second-order valence-electron chi connectivity index (χ2n) is 5.47. The van der Waals surface area contributed by atoms with Crippen LogP contribution in [0.5, 0.6) is 0 Å². The molecular formula is C13H28N2. The molecule has 0 aromatic carbocycles. The second-order valence-corrected chi connectivity index (χ2v) is 5.47. The predicted molar refractivity (Wildman–Crippen MR) is 67.0 cm³/mol. The minimum Gasteiger partial charge on any atom is -0.329 e. The van der Waals surface area contributed by atoms with E-state index >= 15 is 0 Å². The van der Waals surface area contributed by atoms with Crippen LogP contribution in [0.4, 0.5) is 0 Å². The van der Waals surface area contributed by atoms with Gasteiger partial charge in [0.2, 0.25) is 0 Å². The maximum absolute atomic E-state index is 6.04. The molecule has 0 aliphatic heterocycles. The Morgan fingerprint density at radius 2 is 1.93 bits per heavy atom. The monoisotopic (exact) mass is 212 g/mol. The molecule has 2 N–H and O–H groups in total. The Kier molecular flexibility index (Phi) is 4.19. The van der Waals surface area contributed by atoms with E-state index in [2.05, 4.69) is 32.6 Å². The molecule has 2 heteroatoms. The van der Waals surface area contributed by atoms with E-state index in [0.717, 1.165) is 13.1 Å². The zero-order chi connectivity index (χ0) is 11.5. The molecule has 1 aliphatic rings. The molecule has 0 saturated heterocycles. The van der Waals surface area contributed by atoms with Gasteiger partial charge < -0.3 is 5.73 Å². The van der Waals surface area contributed by atoms with E-state index in [1.807, 2.05) is 0 Å². The first-order valence-electron chi connectivity index (χ1n) is 6.49. The third kappa shape index (κ3) is 2.36. The van der Waals surface area contributed by atoms with Crippen molar-refractivity contribution in [2.75, 3.05) is 19.6 Å². The first-order chi connectivity index (χ1) is 7.04. The molecule has 1 atom stereocenters. The van der Waals surface area contributed by atoms with Gasteiger partial charge in [0.15, 0.2) is 0 Å². The molecule has 1 aliphatic carbocycles. The van der Waals surface area contributed by atoms with Crippen molar-refractivity contribution in [1.82, 2.24) is 4.90 Å². The average molecular weight is 212 g/mol. The van der Waals surface area contributed by atoms with Crippen molar-refractivity contribution >= 4 is 0 Å². The number of hydrogen-bond donors (Lipinski definition) is 1. The molecule has 0 radical (unpaired) electrons. The van der Waals surface area contributed by atoms with Crippen molar-refractivity contribution in [3.8, 4) is 0 Å². The Bertz CT molecular complexity index is 199. The number of rotatable bonds is 7. The molecule has 0 amide bonds. The topological polar surface area (TPSA) is 29.3 Å². The molecule has 1 unspecified atom stereocenters. The number of nitrogens with zero attached hydrogens (tertiary/aromatic N) is 1. The van der Waals surface area contributed by atoms with Crippen molar-refractivity contribution in [2.24, 2.45) is 11.1 Å². The Hall–Kier alpha value is -0.0800. The third-order valence-corrected chi connectivity index (χ3v) is 4.56. The van der Waals surface area contributed by atoms with Crippen LogP contribution >= 0.6 is 0 Å². The summed E-state index contributed by atoms with van der Waals surface area (Å²) in [5, 5.41) is 0. The Morgan fingerprint density at radius 3 is 2.27 bits per heavy atom. The minimum atomic E-state index is 0.219. The van der Waals surface area contributed by atoms with Crippen molar-refractivity contribution < 1.29 is 0 Å². The summed E-state index contributed by atoms with van der Waals surface area (Å²) in [7, 11) is 0. The predicted octanol–water partition coefficient (Wildman–Crippen LogP) is 2.63. The summed E-state index contributed by atoms with van der Waals surface area (Å²) in [5.41, 5.74) is 6.74. The Labute approximate surface area is 95.2 Å². The highest BCUT2D eigenvalue weighted by Crippen LogP contribution is 2.55. The Morgan fingerprint density at radius 1 is 1.33 bits per heavy atom. The maximum atomic E-state index is 6.04. The lowest BCUT2D eigenvalue weighted by molar-refractivity contribution is 0.0510. The lowest BCUT2D eigenvalue weighted by Gasteiger charge is -2.45. The van der Waals surface area contributed by atoms with Gasteiger partial charge in [-0.15, -0.1) is 0 Å². The molecule has 1 saturated carbocycles. The molecular weight excluding hydrogens is 184 g/mol. The zero-order valence-electron chi connectivity index (χ0n) is 11.0. The largest absolute Gasteiger partial charge is 0.329 e. The summed E-state index contributed by atoms with van der Waals surface area (Å²) in [5.74, 6) is 0. The molecule has 0 aromatic heterocycles. The standard InChI is InChI=1S/C13H28N2/c1-5-7-10-15(6-2)13(4,11-14)12(3)8-9-12/h5-11,14H2,1-4H3. The van der Waals surface area contributed by atoms with Crippen LogP contribution in [0.25, 0.3) is 0 Å². The van der Waals surface area contributed by atoms with Gasteiger partial charge >= 0.3 is 0 Å². The van der Waals surface area contributed by atoms with E-state index < -0.39 is 0 Å². The average Bonchev–Trinajstić information content (AvgIpc) is 2.98. The van der Waals surface area contributed by atoms with Crippen molar-refractivity contribution in [3.63, 3.8) is 0 Å². The molecule has 1 fully saturated rings. The van der Waals surface area contributed by atoms with Crippen LogP contribution in [0.3, 0.4) is 0 Å². The smallest absolute Gasteiger partial charge is 0.0356 e. The van der Waals surface area contributed by atoms with Crippen LogP contribution in [-0.2, 0) is 0 Å². The molecule has 1 rings (SSSR count). The molecule has 0 heterocycles. The fourth-order valence-electron chi connectivity index (χ4n) is 2.59. The van der Waals surface area contributed by atoms with Gasteiger partial charge in [-0.05, 0) is 44.7 Å². The molecule has 0 aromatic rings. The maximum Gasteiger partial charge on any atom is 0.0356 e. The summed E-state index contributed by atoms with van der Waals surface area (Å²) < 4.78 is 0. The van der Waals surface area contributed by atoms with Crippen LogP contribution in [-0.4, -0.2) is 30.1 Å². The lowest BCUT2D eigenvalue weighted by Crippen LogP contribution is -2.57. The highest BCUT2D eigenvalue weighted by atomic mass is 15.2. The summed E-state index contributed by atoms with van der Waals surface area (Å²) >= 11 is 0. The molecule has 2 nitrogen and oxygen atoms in total. The van der Waals surface area contributed by atoms with Gasteiger partial charge in [0.05, 0.1) is 0 Å². The van der Waals surface area contributed by atoms with Crippen molar-refractivity contribution in [3.05, 3.63) is 0 Å². The van der Waals surface area contributed by atoms with Gasteiger partial charge in [-0.1, -0.05) is 27.2 Å². The van der Waals surface area contributed by atoms with E-state index in [1.165, 1.54) is 32.2 Å². The Balaban J connectivity index is 2.68. The van der Waals surface area contributed by atoms with Gasteiger partial charge in [0.25, 0.3) is 0 Å². The SMILES string of the molecule is CCCCN(CC)C(C)(CN)C1(C)CC1. The van der Waals surface area contributed by atoms with E-state index in [-0.39, 0.29) is 5.54 Å². The summed E-state index contributed by atoms with van der Waals surface area (Å²) in [6, 6.07) is 0. The molecule has 0 spiro atoms. The summed E-state index contributed by atoms with van der Waals surface area (Å²) in [6.45, 7) is 12.4. The van der Waals surface area contributed by atoms with Gasteiger partial charge in [0, 0.05) is 12.1 Å². The highest BCUT2D eigenvalue weighted by Gasteiger charge is 2.54. The van der Waals surface area contributed by atoms with Gasteiger partial charge in [0.1, 0.15) is 0 Å². The van der Waals surface area contributed by atoms with Crippen LogP contribution in [0.1, 0.15) is 53.4 Å². The molecule has 15 heavy (non-hydrogen) atoms. The number of nitrogens with two attached hydrogens (primary N) is 1. The fourth-order valence-corrected chi connectivity index (χ4v) is 2.59. The first-order valence-corrected chi connectivity index (χ1v) is 6.49. The van der Waals surface area contributed by atoms with Crippen molar-refractivity contribution in [1.29, 1.82) is 0 Å². The van der Waals surface area contributed by atoms with Crippen LogP contribution in [0.15, 0.2) is 0 Å². The lowest BCUT2D eigenvalue weighted by atomic mass is 9.82. The van der Waals surface area contributed by atoms with Crippen molar-refractivity contribution in [2.45, 2.75) is 58.9 Å². The first kappa shape index (κ1) is 13.0. The van der Waals surface area contributed by atoms with E-state index in [1.54, 1.807) is 0 Å². The third-order valence-electron chi connectivity index (χ3n) is 4.56. The molecule has 90 valence electrons. The fraction of sp³-hybridized carbons (Fsp3) is 1.00. The minimum absolute atomic E-state index is 0.219. The van der Waals surface area contributed by atoms with E-state index in [9.17, 15) is 0 Å². The van der Waals surface area contributed by atoms with Crippen LogP contribution in [0, 0.1) is 5.41 Å². The summed E-state index contributed by atoms with van der Waals surface area (Å²) in [4.78, 5) is 2.60. The van der Waals surface area contributed by atoms with Crippen LogP contribution in [0.2, 0.25) is 0 Å². The van der Waals surface area contributed by atoms with E-state index in [4.69, 9.17) is 5.73 Å².